The summed E-state index contributed by atoms with van der Waals surface area (Å²) in [4.78, 5) is 0. The van der Waals surface area contributed by atoms with Gasteiger partial charge in [-0.25, -0.2) is 8.78 Å². The first-order chi connectivity index (χ1) is 14.7. The van der Waals surface area contributed by atoms with E-state index in [1.807, 2.05) is 24.3 Å². The number of hydrogen-bond donors (Lipinski definition) is 0. The van der Waals surface area contributed by atoms with Crippen molar-refractivity contribution in [2.45, 2.75) is 25.9 Å². The van der Waals surface area contributed by atoms with Gasteiger partial charge in [-0.1, -0.05) is 79.9 Å². The third kappa shape index (κ3) is 6.29. The third-order valence-corrected chi connectivity index (χ3v) is 4.60. The molecule has 3 rings (SSSR count). The number of halogens is 5. The fourth-order valence-corrected chi connectivity index (χ4v) is 3.07. The molecule has 0 aromatic heterocycles. The van der Waals surface area contributed by atoms with Crippen LogP contribution in [0.15, 0.2) is 60.7 Å². The van der Waals surface area contributed by atoms with Crippen LogP contribution in [0.3, 0.4) is 0 Å². The van der Waals surface area contributed by atoms with Crippen molar-refractivity contribution < 1.29 is 22.0 Å². The molecule has 0 aliphatic rings. The smallest absolute Gasteiger partial charge is 0.205 e. The highest BCUT2D eigenvalue weighted by molar-refractivity contribution is 5.72. The number of rotatable bonds is 5. The number of aryl methyl sites for hydroxylation is 1. The average molecular weight is 426 g/mol. The lowest BCUT2D eigenvalue weighted by Crippen LogP contribution is -2.02. The predicted molar refractivity (Wildman–Crippen MR) is 114 cm³/mol. The summed E-state index contributed by atoms with van der Waals surface area (Å²) < 4.78 is 64.4. The summed E-state index contributed by atoms with van der Waals surface area (Å²) in [6, 6.07) is 17.9. The molecule has 3 aromatic carbocycles. The van der Waals surface area contributed by atoms with Gasteiger partial charge in [-0.05, 0) is 46.4 Å². The zero-order chi connectivity index (χ0) is 22.4. The van der Waals surface area contributed by atoms with E-state index in [1.54, 1.807) is 6.08 Å². The number of alkyl halides is 3. The van der Waals surface area contributed by atoms with Crippen molar-refractivity contribution >= 4 is 12.2 Å². The molecule has 0 N–H and O–H groups in total. The molecular formula is C26H19F5. The second kappa shape index (κ2) is 9.61. The van der Waals surface area contributed by atoms with Crippen LogP contribution in [0, 0.1) is 23.5 Å². The van der Waals surface area contributed by atoms with Crippen LogP contribution in [-0.4, -0.2) is 6.18 Å². The van der Waals surface area contributed by atoms with Crippen LogP contribution in [0.5, 0.6) is 0 Å². The molecule has 0 fully saturated rings. The van der Waals surface area contributed by atoms with Crippen molar-refractivity contribution in [2.75, 3.05) is 0 Å². The summed E-state index contributed by atoms with van der Waals surface area (Å²) in [6.45, 7) is 2.14. The maximum absolute atomic E-state index is 14.0. The Kier molecular flexibility index (Phi) is 6.91. The second-order valence-electron chi connectivity index (χ2n) is 7.01. The molecule has 3 aromatic rings. The SMILES string of the molecule is CCCc1ccc(-c2ccc(/C=C/c3cc(F)c(C#CC(F)(F)F)c(F)c3)cc2)cc1. The Labute approximate surface area is 178 Å². The molecule has 0 saturated heterocycles. The molecule has 0 heterocycles. The first-order valence-electron chi connectivity index (χ1n) is 9.71. The second-order valence-corrected chi connectivity index (χ2v) is 7.01. The minimum Gasteiger partial charge on any atom is -0.205 e. The van der Waals surface area contributed by atoms with Crippen molar-refractivity contribution in [3.8, 4) is 23.0 Å². The van der Waals surface area contributed by atoms with E-state index < -0.39 is 23.4 Å². The van der Waals surface area contributed by atoms with E-state index >= 15 is 0 Å². The standard InChI is InChI=1S/C26H19F5/c1-2-3-18-6-10-21(11-7-18)22-12-8-19(9-13-22)4-5-20-16-24(27)23(25(28)17-20)14-15-26(29,30)31/h4-13,16-17H,2-3H2,1H3/b5-4+. The Morgan fingerprint density at radius 1 is 0.774 bits per heavy atom. The van der Waals surface area contributed by atoms with E-state index in [0.29, 0.717) is 0 Å². The van der Waals surface area contributed by atoms with Crippen LogP contribution in [0.2, 0.25) is 0 Å². The summed E-state index contributed by atoms with van der Waals surface area (Å²) in [6.07, 6.45) is 0.477. The summed E-state index contributed by atoms with van der Waals surface area (Å²) in [7, 11) is 0. The van der Waals surface area contributed by atoms with Gasteiger partial charge in [-0.2, -0.15) is 13.2 Å². The molecule has 0 atom stereocenters. The summed E-state index contributed by atoms with van der Waals surface area (Å²) >= 11 is 0. The van der Waals surface area contributed by atoms with E-state index in [1.165, 1.54) is 17.6 Å². The van der Waals surface area contributed by atoms with Crippen LogP contribution in [0.25, 0.3) is 23.3 Å². The maximum atomic E-state index is 14.0. The molecule has 0 unspecified atom stereocenters. The van der Waals surface area contributed by atoms with Gasteiger partial charge in [-0.3, -0.25) is 0 Å². The van der Waals surface area contributed by atoms with Crippen molar-refractivity contribution in [2.24, 2.45) is 0 Å². The molecule has 0 radical (unpaired) electrons. The fourth-order valence-electron chi connectivity index (χ4n) is 3.07. The van der Waals surface area contributed by atoms with E-state index in [2.05, 4.69) is 31.2 Å². The normalized spacial score (nSPS) is 11.4. The zero-order valence-corrected chi connectivity index (χ0v) is 16.7. The summed E-state index contributed by atoms with van der Waals surface area (Å²) in [5, 5.41) is 0. The highest BCUT2D eigenvalue weighted by Gasteiger charge is 2.23. The van der Waals surface area contributed by atoms with Crippen molar-refractivity contribution in [3.05, 3.63) is 94.6 Å². The van der Waals surface area contributed by atoms with E-state index in [0.717, 1.165) is 47.6 Å². The maximum Gasteiger partial charge on any atom is 0.458 e. The molecule has 5 heteroatoms. The minimum absolute atomic E-state index is 0.183. The molecule has 0 bridgehead atoms. The van der Waals surface area contributed by atoms with Gasteiger partial charge in [0.15, 0.2) is 0 Å². The molecule has 0 saturated carbocycles. The van der Waals surface area contributed by atoms with Crippen molar-refractivity contribution in [1.29, 1.82) is 0 Å². The lowest BCUT2D eigenvalue weighted by molar-refractivity contribution is -0.0696. The number of hydrogen-bond acceptors (Lipinski definition) is 0. The molecule has 0 spiro atoms. The van der Waals surface area contributed by atoms with Crippen LogP contribution in [0.4, 0.5) is 22.0 Å². The van der Waals surface area contributed by atoms with Crippen LogP contribution in [-0.2, 0) is 6.42 Å². The molecule has 31 heavy (non-hydrogen) atoms. The molecule has 158 valence electrons. The van der Waals surface area contributed by atoms with Crippen molar-refractivity contribution in [3.63, 3.8) is 0 Å². The molecule has 0 aliphatic heterocycles. The zero-order valence-electron chi connectivity index (χ0n) is 16.7. The summed E-state index contributed by atoms with van der Waals surface area (Å²) in [5.41, 5.74) is 3.53. The topological polar surface area (TPSA) is 0 Å². The van der Waals surface area contributed by atoms with Crippen LogP contribution >= 0.6 is 0 Å². The van der Waals surface area contributed by atoms with E-state index in [-0.39, 0.29) is 5.56 Å². The first kappa shape index (κ1) is 22.3. The van der Waals surface area contributed by atoms with Gasteiger partial charge < -0.3 is 0 Å². The Hall–Kier alpha value is -3.39. The first-order valence-corrected chi connectivity index (χ1v) is 9.71. The third-order valence-electron chi connectivity index (χ3n) is 4.60. The monoisotopic (exact) mass is 426 g/mol. The Bertz CT molecular complexity index is 1100. The highest BCUT2D eigenvalue weighted by atomic mass is 19.4. The van der Waals surface area contributed by atoms with Gasteiger partial charge in [0, 0.05) is 5.92 Å². The minimum atomic E-state index is -4.82. The van der Waals surface area contributed by atoms with Gasteiger partial charge in [-0.15, -0.1) is 0 Å². The fraction of sp³-hybridized carbons (Fsp3) is 0.154. The molecule has 0 amide bonds. The lowest BCUT2D eigenvalue weighted by atomic mass is 10.0. The van der Waals surface area contributed by atoms with Gasteiger partial charge in [0.1, 0.15) is 11.6 Å². The average Bonchev–Trinajstić information content (AvgIpc) is 2.72. The molecule has 0 nitrogen and oxygen atoms in total. The quantitative estimate of drug-likeness (QED) is 0.223. The molecule has 0 aliphatic carbocycles. The van der Waals surface area contributed by atoms with Crippen LogP contribution < -0.4 is 0 Å². The number of benzene rings is 3. The molecular weight excluding hydrogens is 407 g/mol. The Morgan fingerprint density at radius 2 is 1.29 bits per heavy atom. The van der Waals surface area contributed by atoms with Crippen molar-refractivity contribution in [1.82, 2.24) is 0 Å². The Morgan fingerprint density at radius 3 is 1.81 bits per heavy atom. The Balaban J connectivity index is 1.75. The van der Waals surface area contributed by atoms with E-state index in [9.17, 15) is 22.0 Å². The van der Waals surface area contributed by atoms with Crippen LogP contribution in [0.1, 0.15) is 35.6 Å². The van der Waals surface area contributed by atoms with E-state index in [4.69, 9.17) is 0 Å². The lowest BCUT2D eigenvalue weighted by Gasteiger charge is -2.05. The van der Waals surface area contributed by atoms with Gasteiger partial charge in [0.2, 0.25) is 0 Å². The van der Waals surface area contributed by atoms with Gasteiger partial charge in [0.05, 0.1) is 5.56 Å². The van der Waals surface area contributed by atoms with Gasteiger partial charge in [0.25, 0.3) is 0 Å². The largest absolute Gasteiger partial charge is 0.458 e. The summed E-state index contributed by atoms with van der Waals surface area (Å²) in [5.74, 6) is 0.101. The van der Waals surface area contributed by atoms with Gasteiger partial charge >= 0.3 is 6.18 Å². The predicted octanol–water partition coefficient (Wildman–Crippen LogP) is 7.67. The highest BCUT2D eigenvalue weighted by Crippen LogP contribution is 2.22.